The molecule has 0 atom stereocenters. The van der Waals surface area contributed by atoms with Crippen molar-refractivity contribution in [3.63, 3.8) is 0 Å². The predicted molar refractivity (Wildman–Crippen MR) is 72.0 cm³/mol. The Hall–Kier alpha value is -2.35. The van der Waals surface area contributed by atoms with Crippen molar-refractivity contribution in [3.05, 3.63) is 35.5 Å². The van der Waals surface area contributed by atoms with Crippen LogP contribution in [0.15, 0.2) is 38.9 Å². The zero-order chi connectivity index (χ0) is 13.7. The van der Waals surface area contributed by atoms with Crippen LogP contribution in [0.4, 0.5) is 5.82 Å². The number of thioether (sulfide) groups is 1. The molecule has 3 N–H and O–H groups in total. The van der Waals surface area contributed by atoms with E-state index in [1.54, 1.807) is 11.8 Å². The molecule has 1 aromatic heterocycles. The summed E-state index contributed by atoms with van der Waals surface area (Å²) in [6.07, 6.45) is 3.52. The largest absolute Gasteiger partial charge is 0.379 e. The van der Waals surface area contributed by atoms with Crippen molar-refractivity contribution >= 4 is 29.7 Å². The number of nitrogens with two attached hydrogens (primary N) is 1. The van der Waals surface area contributed by atoms with E-state index in [-0.39, 0.29) is 11.5 Å². The Balaban J connectivity index is 1.96. The molecule has 1 heterocycles. The smallest absolute Gasteiger partial charge is 0.297 e. The number of carbonyl (C=O) groups excluding carboxylic acids is 1. The molecule has 0 spiro atoms. The van der Waals surface area contributed by atoms with Crippen LogP contribution in [0.2, 0.25) is 0 Å². The standard InChI is InChI=1S/C11H11N5O2S/c1-19-8-4-2-7(3-5-8)6-13-14-11(17)9-10(12)16-18-15-9/h2-6H,1H3,(H2,12,16)(H,14,17)/b13-6-. The van der Waals surface area contributed by atoms with Crippen molar-refractivity contribution < 1.29 is 9.42 Å². The monoisotopic (exact) mass is 277 g/mol. The van der Waals surface area contributed by atoms with Gasteiger partial charge in [0, 0.05) is 4.90 Å². The number of nitrogens with zero attached hydrogens (tertiary/aromatic N) is 3. The first-order chi connectivity index (χ1) is 9.20. The summed E-state index contributed by atoms with van der Waals surface area (Å²) in [7, 11) is 0. The molecule has 0 unspecified atom stereocenters. The molecule has 8 heteroatoms. The van der Waals surface area contributed by atoms with Crippen LogP contribution in [-0.2, 0) is 0 Å². The number of hydrogen-bond acceptors (Lipinski definition) is 7. The van der Waals surface area contributed by atoms with Gasteiger partial charge in [-0.3, -0.25) is 4.79 Å². The van der Waals surface area contributed by atoms with Crippen LogP contribution in [0.3, 0.4) is 0 Å². The van der Waals surface area contributed by atoms with Gasteiger partial charge in [0.2, 0.25) is 11.5 Å². The Morgan fingerprint density at radius 3 is 2.74 bits per heavy atom. The first-order valence-electron chi connectivity index (χ1n) is 5.26. The van der Waals surface area contributed by atoms with Gasteiger partial charge in [-0.2, -0.15) is 5.10 Å². The van der Waals surface area contributed by atoms with Gasteiger partial charge in [0.15, 0.2) is 0 Å². The maximum atomic E-state index is 11.5. The van der Waals surface area contributed by atoms with E-state index in [1.807, 2.05) is 30.5 Å². The van der Waals surface area contributed by atoms with E-state index in [1.165, 1.54) is 6.21 Å². The molecule has 1 amide bonds. The van der Waals surface area contributed by atoms with Crippen molar-refractivity contribution in [2.24, 2.45) is 5.10 Å². The summed E-state index contributed by atoms with van der Waals surface area (Å²) in [5.41, 5.74) is 8.44. The predicted octanol–water partition coefficient (Wildman–Crippen LogP) is 1.14. The van der Waals surface area contributed by atoms with Gasteiger partial charge in [0.25, 0.3) is 5.91 Å². The van der Waals surface area contributed by atoms with Gasteiger partial charge in [0.1, 0.15) is 0 Å². The van der Waals surface area contributed by atoms with Crippen LogP contribution in [0.1, 0.15) is 16.1 Å². The summed E-state index contributed by atoms with van der Waals surface area (Å²) >= 11 is 1.65. The topological polar surface area (TPSA) is 106 Å². The van der Waals surface area contributed by atoms with Crippen LogP contribution in [-0.4, -0.2) is 28.7 Å². The molecule has 19 heavy (non-hydrogen) atoms. The fourth-order valence-electron chi connectivity index (χ4n) is 1.26. The average molecular weight is 277 g/mol. The molecule has 0 radical (unpaired) electrons. The van der Waals surface area contributed by atoms with Crippen LogP contribution >= 0.6 is 11.8 Å². The minimum atomic E-state index is -0.573. The number of benzene rings is 1. The highest BCUT2D eigenvalue weighted by Gasteiger charge is 2.14. The second-order valence-corrected chi connectivity index (χ2v) is 4.35. The number of nitrogens with one attached hydrogen (secondary N) is 1. The normalized spacial score (nSPS) is 10.8. The molecule has 0 aliphatic rings. The Morgan fingerprint density at radius 2 is 2.16 bits per heavy atom. The number of nitrogen functional groups attached to an aromatic ring is 1. The van der Waals surface area contributed by atoms with E-state index >= 15 is 0 Å². The van der Waals surface area contributed by atoms with Crippen LogP contribution in [0, 0.1) is 0 Å². The van der Waals surface area contributed by atoms with Gasteiger partial charge in [0.05, 0.1) is 6.21 Å². The molecule has 98 valence electrons. The first kappa shape index (κ1) is 13.1. The lowest BCUT2D eigenvalue weighted by atomic mass is 10.2. The highest BCUT2D eigenvalue weighted by atomic mass is 32.2. The van der Waals surface area contributed by atoms with E-state index in [4.69, 9.17) is 5.73 Å². The van der Waals surface area contributed by atoms with Gasteiger partial charge in [-0.05, 0) is 34.3 Å². The molecule has 0 bridgehead atoms. The maximum Gasteiger partial charge on any atom is 0.297 e. The molecule has 0 aliphatic carbocycles. The quantitative estimate of drug-likeness (QED) is 0.493. The van der Waals surface area contributed by atoms with Crippen molar-refractivity contribution in [2.75, 3.05) is 12.0 Å². The van der Waals surface area contributed by atoms with Gasteiger partial charge in [-0.15, -0.1) is 11.8 Å². The second kappa shape index (κ2) is 6.01. The third-order valence-corrected chi connectivity index (χ3v) is 2.97. The van der Waals surface area contributed by atoms with E-state index in [0.717, 1.165) is 10.5 Å². The number of aromatic nitrogens is 2. The molecule has 1 aromatic carbocycles. The lowest BCUT2D eigenvalue weighted by molar-refractivity contribution is 0.0946. The Labute approximate surface area is 113 Å². The van der Waals surface area contributed by atoms with Crippen LogP contribution in [0.5, 0.6) is 0 Å². The molecule has 2 rings (SSSR count). The van der Waals surface area contributed by atoms with E-state index in [9.17, 15) is 4.79 Å². The Kier molecular flexibility index (Phi) is 4.14. The van der Waals surface area contributed by atoms with E-state index < -0.39 is 5.91 Å². The molecule has 2 aromatic rings. The average Bonchev–Trinajstić information content (AvgIpc) is 2.86. The minimum absolute atomic E-state index is 0.0722. The van der Waals surface area contributed by atoms with Crippen molar-refractivity contribution in [3.8, 4) is 0 Å². The summed E-state index contributed by atoms with van der Waals surface area (Å²) in [4.78, 5) is 12.7. The highest BCUT2D eigenvalue weighted by molar-refractivity contribution is 7.98. The molecule has 0 saturated heterocycles. The zero-order valence-electron chi connectivity index (χ0n) is 10.0. The van der Waals surface area contributed by atoms with Crippen LogP contribution in [0.25, 0.3) is 0 Å². The third kappa shape index (κ3) is 3.32. The molecule has 7 nitrogen and oxygen atoms in total. The highest BCUT2D eigenvalue weighted by Crippen LogP contribution is 2.13. The summed E-state index contributed by atoms with van der Waals surface area (Å²) in [5, 5.41) is 10.5. The fourth-order valence-corrected chi connectivity index (χ4v) is 1.67. The summed E-state index contributed by atoms with van der Waals surface area (Å²) in [6, 6.07) is 7.72. The Bertz CT molecular complexity index is 593. The molecule has 0 saturated carbocycles. The minimum Gasteiger partial charge on any atom is -0.379 e. The van der Waals surface area contributed by atoms with Crippen LogP contribution < -0.4 is 11.2 Å². The van der Waals surface area contributed by atoms with Crippen molar-refractivity contribution in [1.82, 2.24) is 15.7 Å². The van der Waals surface area contributed by atoms with E-state index in [0.29, 0.717) is 0 Å². The molecule has 0 aliphatic heterocycles. The number of anilines is 1. The maximum absolute atomic E-state index is 11.5. The van der Waals surface area contributed by atoms with Crippen molar-refractivity contribution in [1.29, 1.82) is 0 Å². The first-order valence-corrected chi connectivity index (χ1v) is 6.48. The van der Waals surface area contributed by atoms with Gasteiger partial charge < -0.3 is 5.73 Å². The lowest BCUT2D eigenvalue weighted by Crippen LogP contribution is -2.19. The zero-order valence-corrected chi connectivity index (χ0v) is 10.8. The number of amides is 1. The number of hydrogen-bond donors (Lipinski definition) is 2. The summed E-state index contributed by atoms with van der Waals surface area (Å²) in [6.45, 7) is 0. The number of hydrazone groups is 1. The van der Waals surface area contributed by atoms with Crippen molar-refractivity contribution in [2.45, 2.75) is 4.90 Å². The molecular formula is C11H11N5O2S. The summed E-state index contributed by atoms with van der Waals surface area (Å²) < 4.78 is 4.32. The fraction of sp³-hybridized carbons (Fsp3) is 0.0909. The second-order valence-electron chi connectivity index (χ2n) is 3.47. The molecule has 0 fully saturated rings. The SMILES string of the molecule is CSc1ccc(/C=N\NC(=O)c2nonc2N)cc1. The lowest BCUT2D eigenvalue weighted by Gasteiger charge is -1.97. The van der Waals surface area contributed by atoms with E-state index in [2.05, 4.69) is 25.5 Å². The van der Waals surface area contributed by atoms with Gasteiger partial charge >= 0.3 is 0 Å². The molecular weight excluding hydrogens is 266 g/mol. The summed E-state index contributed by atoms with van der Waals surface area (Å²) in [5.74, 6) is -0.646. The Morgan fingerprint density at radius 1 is 1.42 bits per heavy atom. The van der Waals surface area contributed by atoms with Gasteiger partial charge in [-0.1, -0.05) is 12.1 Å². The number of rotatable bonds is 4. The van der Waals surface area contributed by atoms with Gasteiger partial charge in [-0.25, -0.2) is 10.1 Å². The number of carbonyl (C=O) groups is 1. The third-order valence-electron chi connectivity index (χ3n) is 2.22.